The van der Waals surface area contributed by atoms with E-state index in [2.05, 4.69) is 0 Å². The number of carbonyl (C=O) groups is 1. The molecule has 0 N–H and O–H groups in total. The van der Waals surface area contributed by atoms with Crippen molar-refractivity contribution in [3.63, 3.8) is 0 Å². The van der Waals surface area contributed by atoms with Crippen LogP contribution in [0.15, 0.2) is 24.3 Å². The summed E-state index contributed by atoms with van der Waals surface area (Å²) in [7, 11) is -1.40. The maximum atomic E-state index is 12.5. The summed E-state index contributed by atoms with van der Waals surface area (Å²) in [6, 6.07) is 7.19. The quantitative estimate of drug-likeness (QED) is 0.848. The highest BCUT2D eigenvalue weighted by atomic mass is 32.2. The molecule has 2 rings (SSSR count). The van der Waals surface area contributed by atoms with Gasteiger partial charge in [-0.05, 0) is 31.0 Å². The first-order valence-corrected chi connectivity index (χ1v) is 8.84. The topological polar surface area (TPSA) is 63.7 Å². The van der Waals surface area contributed by atoms with Gasteiger partial charge in [-0.25, -0.2) is 8.42 Å². The van der Waals surface area contributed by atoms with E-state index in [-0.39, 0.29) is 30.0 Å². The Bertz CT molecular complexity index is 595. The van der Waals surface area contributed by atoms with Crippen LogP contribution in [0.3, 0.4) is 0 Å². The molecule has 1 saturated heterocycles. The van der Waals surface area contributed by atoms with Crippen molar-refractivity contribution in [1.82, 2.24) is 4.90 Å². The SMILES string of the molecule is COCc1ccc(C(=O)N2CCS(=O)(=O)CCC2C)cc1. The zero-order chi connectivity index (χ0) is 15.5. The summed E-state index contributed by atoms with van der Waals surface area (Å²) in [5.74, 6) is 0.0961. The molecular formula is C15H21NO4S. The van der Waals surface area contributed by atoms with Gasteiger partial charge >= 0.3 is 0 Å². The van der Waals surface area contributed by atoms with Gasteiger partial charge in [0.25, 0.3) is 5.91 Å². The molecule has 1 aliphatic rings. The fraction of sp³-hybridized carbons (Fsp3) is 0.533. The van der Waals surface area contributed by atoms with Gasteiger partial charge in [-0.1, -0.05) is 12.1 Å². The predicted molar refractivity (Wildman–Crippen MR) is 80.9 cm³/mol. The fourth-order valence-electron chi connectivity index (χ4n) is 2.44. The first kappa shape index (κ1) is 16.0. The number of ether oxygens (including phenoxy) is 1. The Morgan fingerprint density at radius 2 is 1.95 bits per heavy atom. The molecule has 21 heavy (non-hydrogen) atoms. The maximum absolute atomic E-state index is 12.5. The minimum atomic E-state index is -3.03. The van der Waals surface area contributed by atoms with Gasteiger partial charge in [-0.2, -0.15) is 0 Å². The molecule has 1 aliphatic heterocycles. The molecule has 0 radical (unpaired) electrons. The van der Waals surface area contributed by atoms with E-state index in [9.17, 15) is 13.2 Å². The highest BCUT2D eigenvalue weighted by Gasteiger charge is 2.28. The number of hydrogen-bond donors (Lipinski definition) is 0. The van der Waals surface area contributed by atoms with E-state index in [1.54, 1.807) is 24.1 Å². The first-order chi connectivity index (χ1) is 9.93. The molecule has 0 aromatic heterocycles. The van der Waals surface area contributed by atoms with E-state index in [4.69, 9.17) is 4.74 Å². The number of carbonyl (C=O) groups excluding carboxylic acids is 1. The molecule has 1 atom stereocenters. The van der Waals surface area contributed by atoms with Gasteiger partial charge in [0.05, 0.1) is 18.1 Å². The third kappa shape index (κ3) is 4.04. The monoisotopic (exact) mass is 311 g/mol. The molecule has 1 fully saturated rings. The largest absolute Gasteiger partial charge is 0.380 e. The molecule has 0 bridgehead atoms. The molecule has 0 aliphatic carbocycles. The lowest BCUT2D eigenvalue weighted by molar-refractivity contribution is 0.0706. The highest BCUT2D eigenvalue weighted by molar-refractivity contribution is 7.91. The molecule has 1 heterocycles. The summed E-state index contributed by atoms with van der Waals surface area (Å²) in [4.78, 5) is 14.2. The molecule has 1 unspecified atom stereocenters. The first-order valence-electron chi connectivity index (χ1n) is 7.02. The predicted octanol–water partition coefficient (Wildman–Crippen LogP) is 1.48. The molecule has 6 heteroatoms. The van der Waals surface area contributed by atoms with Gasteiger partial charge < -0.3 is 9.64 Å². The molecular weight excluding hydrogens is 290 g/mol. The van der Waals surface area contributed by atoms with Crippen LogP contribution in [0, 0.1) is 0 Å². The number of hydrogen-bond acceptors (Lipinski definition) is 4. The van der Waals surface area contributed by atoms with Crippen LogP contribution >= 0.6 is 0 Å². The lowest BCUT2D eigenvalue weighted by Crippen LogP contribution is -2.39. The number of amides is 1. The molecule has 1 aromatic rings. The van der Waals surface area contributed by atoms with E-state index in [1.807, 2.05) is 19.1 Å². The van der Waals surface area contributed by atoms with Gasteiger partial charge in [0.2, 0.25) is 0 Å². The van der Waals surface area contributed by atoms with E-state index in [1.165, 1.54) is 0 Å². The standard InChI is InChI=1S/C15H21NO4S/c1-12-7-9-21(18,19)10-8-16(12)15(17)14-5-3-13(4-6-14)11-20-2/h3-6,12H,7-11H2,1-2H3. The Morgan fingerprint density at radius 3 is 2.57 bits per heavy atom. The summed E-state index contributed by atoms with van der Waals surface area (Å²) >= 11 is 0. The Kier molecular flexibility index (Phi) is 5.00. The van der Waals surface area contributed by atoms with Crippen LogP contribution in [-0.2, 0) is 21.2 Å². The number of nitrogens with zero attached hydrogens (tertiary/aromatic N) is 1. The molecule has 5 nitrogen and oxygen atoms in total. The summed E-state index contributed by atoms with van der Waals surface area (Å²) in [6.07, 6.45) is 0.496. The van der Waals surface area contributed by atoms with Crippen molar-refractivity contribution in [2.24, 2.45) is 0 Å². The molecule has 0 saturated carbocycles. The van der Waals surface area contributed by atoms with E-state index in [0.717, 1.165) is 5.56 Å². The van der Waals surface area contributed by atoms with Crippen molar-refractivity contribution in [3.8, 4) is 0 Å². The van der Waals surface area contributed by atoms with Crippen molar-refractivity contribution >= 4 is 15.7 Å². The summed E-state index contributed by atoms with van der Waals surface area (Å²) in [5.41, 5.74) is 1.58. The Labute approximate surface area is 125 Å². The van der Waals surface area contributed by atoms with Gasteiger partial charge in [0, 0.05) is 25.3 Å². The second-order valence-corrected chi connectivity index (χ2v) is 7.72. The van der Waals surface area contributed by atoms with Crippen LogP contribution in [0.25, 0.3) is 0 Å². The Morgan fingerprint density at radius 1 is 1.29 bits per heavy atom. The Hall–Kier alpha value is -1.40. The third-order valence-electron chi connectivity index (χ3n) is 3.79. The van der Waals surface area contributed by atoms with Crippen LogP contribution in [0.1, 0.15) is 29.3 Å². The van der Waals surface area contributed by atoms with Crippen molar-refractivity contribution < 1.29 is 17.9 Å². The Balaban J connectivity index is 2.14. The zero-order valence-electron chi connectivity index (χ0n) is 12.4. The molecule has 116 valence electrons. The minimum Gasteiger partial charge on any atom is -0.380 e. The van der Waals surface area contributed by atoms with Crippen LogP contribution in [0.2, 0.25) is 0 Å². The lowest BCUT2D eigenvalue weighted by Gasteiger charge is -2.26. The maximum Gasteiger partial charge on any atom is 0.254 e. The van der Waals surface area contributed by atoms with Crippen molar-refractivity contribution in [2.75, 3.05) is 25.2 Å². The van der Waals surface area contributed by atoms with E-state index >= 15 is 0 Å². The fourth-order valence-corrected chi connectivity index (χ4v) is 3.82. The van der Waals surface area contributed by atoms with Crippen LogP contribution in [-0.4, -0.2) is 50.4 Å². The van der Waals surface area contributed by atoms with Crippen molar-refractivity contribution in [2.45, 2.75) is 26.0 Å². The summed E-state index contributed by atoms with van der Waals surface area (Å²) in [5, 5.41) is 0. The number of benzene rings is 1. The van der Waals surface area contributed by atoms with E-state index < -0.39 is 9.84 Å². The molecule has 0 spiro atoms. The molecule has 1 amide bonds. The van der Waals surface area contributed by atoms with E-state index in [0.29, 0.717) is 18.6 Å². The van der Waals surface area contributed by atoms with Crippen LogP contribution in [0.4, 0.5) is 0 Å². The van der Waals surface area contributed by atoms with Gasteiger partial charge in [-0.3, -0.25) is 4.79 Å². The lowest BCUT2D eigenvalue weighted by atomic mass is 10.1. The number of rotatable bonds is 3. The number of methoxy groups -OCH3 is 1. The highest BCUT2D eigenvalue weighted by Crippen LogP contribution is 2.16. The van der Waals surface area contributed by atoms with Crippen molar-refractivity contribution in [1.29, 1.82) is 0 Å². The summed E-state index contributed by atoms with van der Waals surface area (Å²) in [6.45, 7) is 2.67. The summed E-state index contributed by atoms with van der Waals surface area (Å²) < 4.78 is 28.4. The van der Waals surface area contributed by atoms with Gasteiger partial charge in [0.1, 0.15) is 0 Å². The third-order valence-corrected chi connectivity index (χ3v) is 5.46. The number of sulfone groups is 1. The second kappa shape index (κ2) is 6.58. The van der Waals surface area contributed by atoms with Crippen LogP contribution < -0.4 is 0 Å². The average Bonchev–Trinajstić information content (AvgIpc) is 2.59. The zero-order valence-corrected chi connectivity index (χ0v) is 13.2. The normalized spacial score (nSPS) is 21.8. The van der Waals surface area contributed by atoms with Gasteiger partial charge in [0.15, 0.2) is 9.84 Å². The minimum absolute atomic E-state index is 0.0465. The van der Waals surface area contributed by atoms with Crippen LogP contribution in [0.5, 0.6) is 0 Å². The van der Waals surface area contributed by atoms with Gasteiger partial charge in [-0.15, -0.1) is 0 Å². The molecule has 1 aromatic carbocycles. The van der Waals surface area contributed by atoms with Crippen molar-refractivity contribution in [3.05, 3.63) is 35.4 Å². The average molecular weight is 311 g/mol. The smallest absolute Gasteiger partial charge is 0.254 e. The second-order valence-electron chi connectivity index (χ2n) is 5.42.